The van der Waals surface area contributed by atoms with E-state index in [9.17, 15) is 33.0 Å². The van der Waals surface area contributed by atoms with Crippen molar-refractivity contribution >= 4 is 73.9 Å². The number of thiophene rings is 2. The fraction of sp³-hybridized carbons (Fsp3) is 0.245. The number of carbonyl (C=O) groups is 2. The van der Waals surface area contributed by atoms with Gasteiger partial charge in [-0.25, -0.2) is 9.59 Å². The molecule has 3 atom stereocenters. The molecule has 369 valence electrons. The Morgan fingerprint density at radius 2 is 1.61 bits per heavy atom. The second-order valence-corrected chi connectivity index (χ2v) is 17.9. The van der Waals surface area contributed by atoms with Crippen LogP contribution in [0.5, 0.6) is 0 Å². The van der Waals surface area contributed by atoms with Gasteiger partial charge in [0.1, 0.15) is 5.00 Å². The number of nitrogens with one attached hydrogen (secondary N) is 2. The van der Waals surface area contributed by atoms with Gasteiger partial charge in [0.2, 0.25) is 0 Å². The Morgan fingerprint density at radius 3 is 2.17 bits per heavy atom. The third-order valence-corrected chi connectivity index (χ3v) is 13.1. The van der Waals surface area contributed by atoms with Crippen LogP contribution < -0.4 is 4.90 Å². The summed E-state index contributed by atoms with van der Waals surface area (Å²) in [5.74, 6) is -2.36. The molecule has 4 N–H and O–H groups in total. The van der Waals surface area contributed by atoms with Crippen LogP contribution in [0.3, 0.4) is 0 Å². The minimum absolute atomic E-state index is 0. The maximum Gasteiger partial charge on any atom is 5.00 e. The summed E-state index contributed by atoms with van der Waals surface area (Å²) >= 11 is 6.93. The summed E-state index contributed by atoms with van der Waals surface area (Å²) in [5.41, 5.74) is 22.0. The molecule has 2 aliphatic heterocycles. The number of pyridine rings is 1. The van der Waals surface area contributed by atoms with Crippen molar-refractivity contribution in [3.8, 4) is 10.4 Å². The molecule has 0 saturated carbocycles. The number of benzene rings is 2. The van der Waals surface area contributed by atoms with E-state index >= 15 is 0 Å². The van der Waals surface area contributed by atoms with Crippen molar-refractivity contribution in [1.82, 2.24) is 4.98 Å². The summed E-state index contributed by atoms with van der Waals surface area (Å²) in [6.07, 6.45) is 11.9. The number of isothiocyanates is 1. The molecule has 11 nitrogen and oxygen atoms in total. The molecule has 1 fully saturated rings. The van der Waals surface area contributed by atoms with Crippen molar-refractivity contribution < 1.29 is 52.5 Å². The van der Waals surface area contributed by atoms with Gasteiger partial charge >= 0.3 is 37.6 Å². The molecule has 0 bridgehead atoms. The number of para-hydroxylation sites is 2. The number of hydrogen-bond donors (Lipinski definition) is 2. The number of rotatable bonds is 17. The number of thiocarbonyl (C=S) groups is 1. The van der Waals surface area contributed by atoms with Crippen molar-refractivity contribution in [3.05, 3.63) is 211 Å². The van der Waals surface area contributed by atoms with Gasteiger partial charge in [-0.05, 0) is 109 Å². The number of aliphatic carboxylic acids is 2. The van der Waals surface area contributed by atoms with E-state index in [1.807, 2.05) is 73.0 Å². The van der Waals surface area contributed by atoms with E-state index < -0.39 is 36.2 Å². The van der Waals surface area contributed by atoms with Crippen molar-refractivity contribution in [1.29, 1.82) is 0 Å². The quantitative estimate of drug-likeness (QED) is 0.0231. The molecule has 1 saturated heterocycles. The van der Waals surface area contributed by atoms with Crippen LogP contribution in [0.1, 0.15) is 75.1 Å². The molecule has 1 radical (unpaired) electrons. The number of carboxylic acids is 2. The van der Waals surface area contributed by atoms with Gasteiger partial charge in [-0.1, -0.05) is 124 Å². The zero-order valence-corrected chi connectivity index (χ0v) is 43.1. The summed E-state index contributed by atoms with van der Waals surface area (Å²) in [4.78, 5) is 32.1. The number of hydrogen-bond acceptors (Lipinski definition) is 7. The number of aromatic nitrogens is 1. The molecule has 3 aromatic heterocycles. The van der Waals surface area contributed by atoms with Crippen LogP contribution in [0, 0.1) is 0 Å². The van der Waals surface area contributed by atoms with Gasteiger partial charge in [0.15, 0.2) is 0 Å². The maximum absolute atomic E-state index is 12.5. The second-order valence-electron chi connectivity index (χ2n) is 15.7. The van der Waals surface area contributed by atoms with Crippen LogP contribution in [0.4, 0.5) is 29.5 Å². The van der Waals surface area contributed by atoms with E-state index in [0.717, 1.165) is 56.2 Å². The van der Waals surface area contributed by atoms with Gasteiger partial charge in [-0.3, -0.25) is 4.98 Å². The number of unbranched alkanes of at least 4 members (excludes halogenated alkanes) is 3. The minimum Gasteiger partial charge on any atom is -0.753 e. The molecule has 2 aromatic carbocycles. The third kappa shape index (κ3) is 16.1. The van der Waals surface area contributed by atoms with Crippen LogP contribution >= 0.6 is 34.9 Å². The van der Waals surface area contributed by atoms with Crippen LogP contribution in [0.25, 0.3) is 43.5 Å². The fourth-order valence-electron chi connectivity index (χ4n) is 7.35. The molecule has 5 heterocycles. The first kappa shape index (κ1) is 57.3. The van der Waals surface area contributed by atoms with Crippen LogP contribution in [-0.4, -0.2) is 50.6 Å². The Kier molecular flexibility index (Phi) is 22.6. The molecule has 71 heavy (non-hydrogen) atoms. The zero-order valence-electron chi connectivity index (χ0n) is 38.9. The summed E-state index contributed by atoms with van der Waals surface area (Å²) in [7, 11) is 0. The van der Waals surface area contributed by atoms with Crippen LogP contribution in [0.15, 0.2) is 167 Å². The normalized spacial score (nSPS) is 17.0. The molecule has 5 aromatic rings. The van der Waals surface area contributed by atoms with Gasteiger partial charge in [-0.2, -0.15) is 35.4 Å². The number of halogens is 3. The topological polar surface area (TPSA) is 189 Å². The maximum atomic E-state index is 12.5. The molecule has 0 aliphatic carbocycles. The monoisotopic (exact) mass is 1100 g/mol. The van der Waals surface area contributed by atoms with E-state index in [4.69, 9.17) is 16.9 Å². The fourth-order valence-corrected chi connectivity index (χ4v) is 9.40. The standard InChI is InChI=1S/C33H26N4O4S.C19H25F3N2S.CNS.Ru/c1-2-21(32(38)39)17-26(34)27-19-23(33(40)41)20-29(36-27)28-18-22(15-16-35-28)30-13-14-31(42-30)37(24-9-5-3-6-10-24)25-11-7-4-8-12-25;1-3-5-6-7-8-14-9-10-25-18(14)13(4-2)11-15(23)16-12-17(24-16)19(20,21)22;2-1-3;/h2-20,29,34H,1H3,(H,38,39)(H,40,41);4,9-11,16-17,23H,3,5-8,12H2,1-2H3;;/q2*-2;-1;+5/b21-2+,26-17-;13-4+,15-11-;;. The second kappa shape index (κ2) is 28.0. The number of anilines is 3. The van der Waals surface area contributed by atoms with Crippen molar-refractivity contribution in [2.75, 3.05) is 4.90 Å². The summed E-state index contributed by atoms with van der Waals surface area (Å²) in [6.45, 7) is 5.63. The average molecular weight is 1100 g/mol. The Bertz CT molecular complexity index is 2750. The molecule has 7 rings (SSSR count). The number of nitrogens with zero attached hydrogens (tertiary/aromatic N) is 5. The Labute approximate surface area is 438 Å². The molecule has 3 unspecified atom stereocenters. The Hall–Kier alpha value is -6.26. The first-order valence-electron chi connectivity index (χ1n) is 22.2. The molecule has 0 amide bonds. The van der Waals surface area contributed by atoms with Crippen LogP contribution in [-0.2, 0) is 35.5 Å². The molecule has 2 aliphatic rings. The molecule has 0 spiro atoms. The number of allylic oxidation sites excluding steroid dienone is 4. The van der Waals surface area contributed by atoms with E-state index in [0.29, 0.717) is 5.69 Å². The van der Waals surface area contributed by atoms with Crippen molar-refractivity contribution in [2.45, 2.75) is 83.6 Å². The minimum atomic E-state index is -4.28. The molecular weight excluding hydrogens is 1050 g/mol. The smallest absolute Gasteiger partial charge is 0.753 e. The number of alkyl halides is 3. The largest absolute Gasteiger partial charge is 5.00 e. The summed E-state index contributed by atoms with van der Waals surface area (Å²) in [6, 6.07) is 27.2. The first-order valence-corrected chi connectivity index (χ1v) is 24.3. The van der Waals surface area contributed by atoms with E-state index in [1.165, 1.54) is 48.2 Å². The molecular formula is C53H51F3N7O4RuS3. The average Bonchev–Trinajstić information content (AvgIpc) is 4.02. The van der Waals surface area contributed by atoms with Crippen molar-refractivity contribution in [3.63, 3.8) is 0 Å². The third-order valence-electron chi connectivity index (χ3n) is 11.0. The van der Waals surface area contributed by atoms with Gasteiger partial charge in [0.05, 0.1) is 11.1 Å². The Morgan fingerprint density at radius 1 is 0.958 bits per heavy atom. The summed E-state index contributed by atoms with van der Waals surface area (Å²) in [5, 5.41) is 38.8. The zero-order chi connectivity index (χ0) is 50.8. The SMILES string of the molecule is C/C=C(\C=C(/[NH-])C1=CC(C(=O)O)=CC(c2cc(-c3ccc(N(c4ccccc4)c4ccccc4)s3)ccn2)[N-]1)C(=O)O.C/C=C(\C=C(/[NH-])C1CC(C(F)(F)F)[N-]1)c1sccc1CCCCCC.[N-]=C=S.[Ru+5]. The first-order chi connectivity index (χ1) is 33.6. The van der Waals surface area contributed by atoms with Gasteiger partial charge in [-0.15, -0.1) is 28.7 Å². The van der Waals surface area contributed by atoms with Gasteiger partial charge < -0.3 is 42.6 Å². The number of carboxylic acid groups (broad SMARTS) is 2. The van der Waals surface area contributed by atoms with Crippen LogP contribution in [0.2, 0.25) is 0 Å². The van der Waals surface area contributed by atoms with E-state index in [1.54, 1.807) is 41.9 Å². The summed E-state index contributed by atoms with van der Waals surface area (Å²) < 4.78 is 37.6. The van der Waals surface area contributed by atoms with Crippen molar-refractivity contribution in [2.24, 2.45) is 0 Å². The Balaban J connectivity index is 0.000000323. The number of aryl methyl sites for hydroxylation is 1. The van der Waals surface area contributed by atoms with Gasteiger partial charge in [0.25, 0.3) is 0 Å². The molecule has 18 heteroatoms. The predicted octanol–water partition coefficient (Wildman–Crippen LogP) is 16.5. The predicted molar refractivity (Wildman–Crippen MR) is 282 cm³/mol. The van der Waals surface area contributed by atoms with Gasteiger partial charge in [0, 0.05) is 33.0 Å². The van der Waals surface area contributed by atoms with E-state index in [-0.39, 0.29) is 54.1 Å². The van der Waals surface area contributed by atoms with E-state index in [2.05, 4.69) is 76.1 Å².